The minimum Gasteiger partial charge on any atom is -0.386 e. The van der Waals surface area contributed by atoms with Crippen LogP contribution >= 0.6 is 23.5 Å². The molecule has 1 aromatic rings. The molecule has 1 heterocycles. The number of hydrazone groups is 1. The van der Waals surface area contributed by atoms with Gasteiger partial charge in [-0.05, 0) is 56.2 Å². The molecule has 4 nitrogen and oxygen atoms in total. The minimum absolute atomic E-state index is 0.00395. The zero-order valence-corrected chi connectivity index (χ0v) is 15.9. The summed E-state index contributed by atoms with van der Waals surface area (Å²) in [5, 5.41) is 5.33. The van der Waals surface area contributed by atoms with E-state index in [4.69, 9.17) is 22.4 Å². The molecule has 1 fully saturated rings. The summed E-state index contributed by atoms with van der Waals surface area (Å²) in [4.78, 5) is 4.61. The molecule has 130 valence electrons. The van der Waals surface area contributed by atoms with E-state index in [9.17, 15) is 0 Å². The molecule has 1 saturated carbocycles. The Labute approximate surface area is 153 Å². The molecular weight excluding hydrogens is 340 g/mol. The molecule has 1 aliphatic carbocycles. The van der Waals surface area contributed by atoms with Gasteiger partial charge in [0, 0.05) is 0 Å². The van der Waals surface area contributed by atoms with Crippen molar-refractivity contribution in [3.8, 4) is 0 Å². The number of benzene rings is 1. The number of rotatable bonds is 4. The fourth-order valence-corrected chi connectivity index (χ4v) is 4.69. The van der Waals surface area contributed by atoms with Crippen molar-refractivity contribution in [2.24, 2.45) is 21.7 Å². The van der Waals surface area contributed by atoms with E-state index in [-0.39, 0.29) is 5.25 Å². The molecule has 0 saturated heterocycles. The number of hydrogen-bond donors (Lipinski definition) is 1. The largest absolute Gasteiger partial charge is 0.386 e. The van der Waals surface area contributed by atoms with E-state index >= 15 is 0 Å². The second kappa shape index (κ2) is 7.79. The van der Waals surface area contributed by atoms with Crippen molar-refractivity contribution in [2.75, 3.05) is 6.54 Å². The first-order valence-corrected chi connectivity index (χ1v) is 9.84. The summed E-state index contributed by atoms with van der Waals surface area (Å²) in [6, 6.07) is 5.77. The molecule has 2 aliphatic rings. The first-order valence-electron chi connectivity index (χ1n) is 8.63. The van der Waals surface area contributed by atoms with Gasteiger partial charge in [0.2, 0.25) is 0 Å². The third-order valence-electron chi connectivity index (χ3n) is 4.71. The zero-order valence-electron chi connectivity index (χ0n) is 14.3. The van der Waals surface area contributed by atoms with Crippen molar-refractivity contribution in [3.05, 3.63) is 28.8 Å². The molecule has 1 aliphatic heterocycles. The predicted molar refractivity (Wildman–Crippen MR) is 105 cm³/mol. The fourth-order valence-electron chi connectivity index (χ4n) is 3.34. The summed E-state index contributed by atoms with van der Waals surface area (Å²) in [5.74, 6) is 1.33. The fraction of sp³-hybridized carbons (Fsp3) is 0.556. The van der Waals surface area contributed by atoms with Crippen LogP contribution in [0.1, 0.15) is 44.6 Å². The molecule has 24 heavy (non-hydrogen) atoms. The van der Waals surface area contributed by atoms with Gasteiger partial charge in [0.25, 0.3) is 0 Å². The third-order valence-corrected chi connectivity index (χ3v) is 6.29. The molecule has 0 spiro atoms. The SMILES string of the molecule is CC1=NN(CC2CCCCC2)SC1C(N)=Nc1c(C)cccc1Cl. The van der Waals surface area contributed by atoms with Gasteiger partial charge in [-0.3, -0.25) is 0 Å². The van der Waals surface area contributed by atoms with Gasteiger partial charge < -0.3 is 5.73 Å². The highest BCUT2D eigenvalue weighted by atomic mass is 35.5. The zero-order chi connectivity index (χ0) is 17.1. The van der Waals surface area contributed by atoms with Crippen LogP contribution in [0, 0.1) is 12.8 Å². The van der Waals surface area contributed by atoms with E-state index < -0.39 is 0 Å². The third kappa shape index (κ3) is 4.06. The molecule has 1 aromatic carbocycles. The van der Waals surface area contributed by atoms with E-state index in [2.05, 4.69) is 9.41 Å². The van der Waals surface area contributed by atoms with Crippen molar-refractivity contribution < 1.29 is 0 Å². The lowest BCUT2D eigenvalue weighted by atomic mass is 9.89. The van der Waals surface area contributed by atoms with Crippen molar-refractivity contribution >= 4 is 40.8 Å². The highest BCUT2D eigenvalue weighted by molar-refractivity contribution is 7.99. The Hall–Kier alpha value is -1.20. The first kappa shape index (κ1) is 17.6. The molecule has 0 amide bonds. The van der Waals surface area contributed by atoms with E-state index in [1.165, 1.54) is 32.1 Å². The van der Waals surface area contributed by atoms with Gasteiger partial charge in [-0.15, -0.1) is 0 Å². The molecule has 1 atom stereocenters. The van der Waals surface area contributed by atoms with Crippen LogP contribution in [-0.4, -0.2) is 27.8 Å². The Morgan fingerprint density at radius 2 is 2.08 bits per heavy atom. The monoisotopic (exact) mass is 364 g/mol. The lowest BCUT2D eigenvalue weighted by Crippen LogP contribution is -2.30. The van der Waals surface area contributed by atoms with Gasteiger partial charge >= 0.3 is 0 Å². The summed E-state index contributed by atoms with van der Waals surface area (Å²) in [5.41, 5.74) is 9.10. The molecule has 6 heteroatoms. The van der Waals surface area contributed by atoms with Crippen molar-refractivity contribution in [3.63, 3.8) is 0 Å². The minimum atomic E-state index is 0.00395. The van der Waals surface area contributed by atoms with Crippen LogP contribution in [-0.2, 0) is 0 Å². The molecule has 3 rings (SSSR count). The Kier molecular flexibility index (Phi) is 5.72. The van der Waals surface area contributed by atoms with E-state index in [1.807, 2.05) is 32.0 Å². The molecule has 0 aromatic heterocycles. The quantitative estimate of drug-likeness (QED) is 0.468. The van der Waals surface area contributed by atoms with Gasteiger partial charge in [-0.1, -0.05) is 43.0 Å². The summed E-state index contributed by atoms with van der Waals surface area (Å²) >= 11 is 7.95. The van der Waals surface area contributed by atoms with Gasteiger partial charge in [0.05, 0.1) is 23.0 Å². The highest BCUT2D eigenvalue weighted by Gasteiger charge is 2.30. The summed E-state index contributed by atoms with van der Waals surface area (Å²) in [7, 11) is 0. The van der Waals surface area contributed by atoms with Crippen LogP contribution in [0.15, 0.2) is 28.3 Å². The molecule has 0 radical (unpaired) electrons. The number of aryl methyl sites for hydroxylation is 1. The Morgan fingerprint density at radius 1 is 1.33 bits per heavy atom. The number of halogens is 1. The lowest BCUT2D eigenvalue weighted by Gasteiger charge is -2.25. The van der Waals surface area contributed by atoms with Gasteiger partial charge in [-0.2, -0.15) is 5.10 Å². The molecule has 2 N–H and O–H groups in total. The van der Waals surface area contributed by atoms with Crippen molar-refractivity contribution in [1.82, 2.24) is 4.41 Å². The van der Waals surface area contributed by atoms with Crippen LogP contribution in [0.5, 0.6) is 0 Å². The number of amidine groups is 1. The maximum absolute atomic E-state index is 6.30. The average Bonchev–Trinajstić information content (AvgIpc) is 2.92. The van der Waals surface area contributed by atoms with E-state index in [1.54, 1.807) is 11.9 Å². The van der Waals surface area contributed by atoms with Gasteiger partial charge in [0.1, 0.15) is 11.1 Å². The molecular formula is C18H25ClN4S. The van der Waals surface area contributed by atoms with Crippen LogP contribution in [0.4, 0.5) is 5.69 Å². The Balaban J connectivity index is 1.69. The normalized spacial score (nSPS) is 22.8. The maximum atomic E-state index is 6.30. The van der Waals surface area contributed by atoms with Crippen molar-refractivity contribution in [2.45, 2.75) is 51.2 Å². The lowest BCUT2D eigenvalue weighted by molar-refractivity contribution is 0.299. The van der Waals surface area contributed by atoms with Gasteiger partial charge in [-0.25, -0.2) is 9.41 Å². The maximum Gasteiger partial charge on any atom is 0.123 e. The Bertz CT molecular complexity index is 632. The highest BCUT2D eigenvalue weighted by Crippen LogP contribution is 2.34. The predicted octanol–water partition coefficient (Wildman–Crippen LogP) is 4.93. The Morgan fingerprint density at radius 3 is 2.79 bits per heavy atom. The standard InChI is InChI=1S/C18H25ClN4S/c1-12-7-6-10-15(19)16(12)21-18(20)17-13(2)22-23(24-17)11-14-8-4-3-5-9-14/h6-7,10,14,17H,3-5,8-9,11H2,1-2H3,(H2,20,21). The first-order chi connectivity index (χ1) is 11.5. The van der Waals surface area contributed by atoms with Crippen molar-refractivity contribution in [1.29, 1.82) is 0 Å². The van der Waals surface area contributed by atoms with Crippen LogP contribution < -0.4 is 5.73 Å². The second-order valence-electron chi connectivity index (χ2n) is 6.71. The second-order valence-corrected chi connectivity index (χ2v) is 8.22. The smallest absolute Gasteiger partial charge is 0.123 e. The van der Waals surface area contributed by atoms with Crippen LogP contribution in [0.3, 0.4) is 0 Å². The number of para-hydroxylation sites is 1. The number of nitrogens with two attached hydrogens (primary N) is 1. The summed E-state index contributed by atoms with van der Waals surface area (Å²) < 4.78 is 2.11. The van der Waals surface area contributed by atoms with E-state index in [0.717, 1.165) is 29.4 Å². The van der Waals surface area contributed by atoms with Crippen LogP contribution in [0.2, 0.25) is 5.02 Å². The number of aliphatic imine (C=N–C) groups is 1. The number of nitrogens with zero attached hydrogens (tertiary/aromatic N) is 3. The number of hydrogen-bond acceptors (Lipinski definition) is 4. The molecule has 0 bridgehead atoms. The topological polar surface area (TPSA) is 54.0 Å². The van der Waals surface area contributed by atoms with Crippen LogP contribution in [0.25, 0.3) is 0 Å². The summed E-state index contributed by atoms with van der Waals surface area (Å²) in [6.45, 7) is 5.04. The van der Waals surface area contributed by atoms with Gasteiger partial charge in [0.15, 0.2) is 0 Å². The molecule has 1 unspecified atom stereocenters. The summed E-state index contributed by atoms with van der Waals surface area (Å²) in [6.07, 6.45) is 6.72. The average molecular weight is 365 g/mol. The van der Waals surface area contributed by atoms with E-state index in [0.29, 0.717) is 10.9 Å².